The molecule has 0 radical (unpaired) electrons. The number of nitrogens with one attached hydrogen (secondary N) is 1. The lowest BCUT2D eigenvalue weighted by Gasteiger charge is -2.19. The van der Waals surface area contributed by atoms with E-state index < -0.39 is 8.24 Å². The van der Waals surface area contributed by atoms with E-state index in [2.05, 4.69) is 48.1 Å². The highest BCUT2D eigenvalue weighted by molar-refractivity contribution is 6.78. The molecule has 3 rings (SSSR count). The van der Waals surface area contributed by atoms with E-state index in [0.29, 0.717) is 0 Å². The zero-order valence-electron chi connectivity index (χ0n) is 12.1. The molecule has 1 saturated carbocycles. The third-order valence-electron chi connectivity index (χ3n) is 4.58. The molecule has 1 fully saturated rings. The second-order valence-corrected chi connectivity index (χ2v) is 10.5. The Morgan fingerprint density at radius 2 is 1.63 bits per heavy atom. The monoisotopic (exact) mass is 270 g/mol. The summed E-state index contributed by atoms with van der Waals surface area (Å²) in [5, 5.41) is 1.80. The first kappa shape index (κ1) is 12.9. The van der Waals surface area contributed by atoms with Gasteiger partial charge in [0.25, 0.3) is 0 Å². The summed E-state index contributed by atoms with van der Waals surface area (Å²) in [6, 6.07) is 10.9. The molecule has 1 N–H and O–H groups in total. The van der Waals surface area contributed by atoms with Crippen LogP contribution in [0.15, 0.2) is 41.1 Å². The average Bonchev–Trinajstić information content (AvgIpc) is 2.77. The van der Waals surface area contributed by atoms with Crippen LogP contribution in [0.5, 0.6) is 0 Å². The van der Waals surface area contributed by atoms with Gasteiger partial charge in [0.1, 0.15) is 0 Å². The van der Waals surface area contributed by atoms with Gasteiger partial charge < -0.3 is 4.66 Å². The van der Waals surface area contributed by atoms with Crippen molar-refractivity contribution in [2.75, 3.05) is 0 Å². The standard InChI is InChI=1S/C17H23NSi/c1-19(2)17(15-11-7-4-8-12-15)13-16(18-19)14-9-5-3-6-10-14/h3,5-6,9-10H,4,7-8,11-13H2,1-2H3/p+1. The lowest BCUT2D eigenvalue weighted by molar-refractivity contribution is -0.298. The van der Waals surface area contributed by atoms with Crippen molar-refractivity contribution in [1.82, 2.24) is 0 Å². The second kappa shape index (κ2) is 5.08. The van der Waals surface area contributed by atoms with Crippen LogP contribution < -0.4 is 4.66 Å². The fraction of sp³-hybridized carbons (Fsp3) is 0.471. The molecular weight excluding hydrogens is 246 g/mol. The first-order valence-electron chi connectivity index (χ1n) is 7.57. The number of allylic oxidation sites excluding steroid dienone is 2. The van der Waals surface area contributed by atoms with Gasteiger partial charge in [0.05, 0.1) is 6.42 Å². The minimum atomic E-state index is -1.41. The lowest BCUT2D eigenvalue weighted by atomic mass is 9.93. The maximum absolute atomic E-state index is 3.89. The van der Waals surface area contributed by atoms with Gasteiger partial charge in [-0.15, -0.1) is 0 Å². The lowest BCUT2D eigenvalue weighted by Crippen LogP contribution is -2.86. The Morgan fingerprint density at radius 3 is 2.32 bits per heavy atom. The quantitative estimate of drug-likeness (QED) is 0.754. The second-order valence-electron chi connectivity index (χ2n) is 6.41. The fourth-order valence-corrected chi connectivity index (χ4v) is 6.45. The van der Waals surface area contributed by atoms with Gasteiger partial charge in [0.2, 0.25) is 0 Å². The number of hydrogen-bond donors (Lipinski definition) is 1. The van der Waals surface area contributed by atoms with Crippen molar-refractivity contribution in [2.24, 2.45) is 0 Å². The zero-order chi connectivity index (χ0) is 13.3. The van der Waals surface area contributed by atoms with Gasteiger partial charge in [-0.25, -0.2) is 0 Å². The highest BCUT2D eigenvalue weighted by Gasteiger charge is 2.44. The third-order valence-corrected chi connectivity index (χ3v) is 7.54. The van der Waals surface area contributed by atoms with Crippen molar-refractivity contribution >= 4 is 13.9 Å². The molecule has 19 heavy (non-hydrogen) atoms. The summed E-state index contributed by atoms with van der Waals surface area (Å²) >= 11 is 0. The normalized spacial score (nSPS) is 22.5. The van der Waals surface area contributed by atoms with Gasteiger partial charge in [-0.05, 0) is 56.1 Å². The molecule has 1 nitrogen and oxygen atoms in total. The van der Waals surface area contributed by atoms with Crippen molar-refractivity contribution in [3.63, 3.8) is 0 Å². The third kappa shape index (κ3) is 2.59. The zero-order valence-corrected chi connectivity index (χ0v) is 13.1. The molecule has 100 valence electrons. The maximum atomic E-state index is 3.89. The van der Waals surface area contributed by atoms with Gasteiger partial charge >= 0.3 is 8.24 Å². The van der Waals surface area contributed by atoms with E-state index in [-0.39, 0.29) is 0 Å². The minimum Gasteiger partial charge on any atom is -0.316 e. The Labute approximate surface area is 117 Å². The molecular formula is C17H24NSi+. The van der Waals surface area contributed by atoms with Gasteiger partial charge in [-0.1, -0.05) is 30.2 Å². The first-order chi connectivity index (χ1) is 9.17. The predicted octanol–water partition coefficient (Wildman–Crippen LogP) is 2.97. The first-order valence-corrected chi connectivity index (χ1v) is 10.6. The molecule has 0 saturated heterocycles. The Balaban J connectivity index is 1.92. The van der Waals surface area contributed by atoms with Crippen molar-refractivity contribution in [1.29, 1.82) is 0 Å². The number of hydrogen-bond acceptors (Lipinski definition) is 0. The van der Waals surface area contributed by atoms with E-state index in [1.165, 1.54) is 49.8 Å². The van der Waals surface area contributed by atoms with Crippen LogP contribution in [0.4, 0.5) is 0 Å². The van der Waals surface area contributed by atoms with E-state index in [1.807, 2.05) is 0 Å². The van der Waals surface area contributed by atoms with Crippen LogP contribution in [-0.2, 0) is 0 Å². The SMILES string of the molecule is C[Si]1(C)[NH+]=C(c2ccccc2)CC1=C1CCCCC1. The summed E-state index contributed by atoms with van der Waals surface area (Å²) in [5.41, 5.74) is 4.64. The predicted molar refractivity (Wildman–Crippen MR) is 83.7 cm³/mol. The minimum absolute atomic E-state index is 1.18. The molecule has 0 atom stereocenters. The summed E-state index contributed by atoms with van der Waals surface area (Å²) in [4.78, 5) is 0. The Morgan fingerprint density at radius 1 is 0.947 bits per heavy atom. The Bertz CT molecular complexity index is 517. The van der Waals surface area contributed by atoms with Crippen LogP contribution in [0.2, 0.25) is 13.1 Å². The highest BCUT2D eigenvalue weighted by atomic mass is 28.3. The number of rotatable bonds is 1. The van der Waals surface area contributed by atoms with E-state index in [0.717, 1.165) is 0 Å². The molecule has 1 aliphatic carbocycles. The van der Waals surface area contributed by atoms with E-state index in [4.69, 9.17) is 0 Å². The van der Waals surface area contributed by atoms with Gasteiger partial charge in [-0.2, -0.15) is 0 Å². The summed E-state index contributed by atoms with van der Waals surface area (Å²) in [6.07, 6.45) is 8.14. The van der Waals surface area contributed by atoms with Crippen molar-refractivity contribution in [3.05, 3.63) is 46.7 Å². The van der Waals surface area contributed by atoms with E-state index in [9.17, 15) is 0 Å². The van der Waals surface area contributed by atoms with Gasteiger partial charge in [0, 0.05) is 5.56 Å². The maximum Gasteiger partial charge on any atom is 0.379 e. The molecule has 1 aliphatic heterocycles. The molecule has 1 aromatic rings. The molecule has 0 unspecified atom stereocenters. The van der Waals surface area contributed by atoms with Crippen molar-refractivity contribution in [2.45, 2.75) is 51.6 Å². The van der Waals surface area contributed by atoms with Gasteiger partial charge in [-0.3, -0.25) is 0 Å². The summed E-state index contributed by atoms with van der Waals surface area (Å²) < 4.78 is 3.89. The molecule has 2 heteroatoms. The highest BCUT2D eigenvalue weighted by Crippen LogP contribution is 2.31. The molecule has 0 aromatic heterocycles. The van der Waals surface area contributed by atoms with Crippen LogP contribution in [0, 0.1) is 0 Å². The Kier molecular flexibility index (Phi) is 3.44. The molecule has 1 heterocycles. The van der Waals surface area contributed by atoms with E-state index >= 15 is 0 Å². The topological polar surface area (TPSA) is 14.0 Å². The van der Waals surface area contributed by atoms with Crippen molar-refractivity contribution in [3.8, 4) is 0 Å². The van der Waals surface area contributed by atoms with Crippen LogP contribution in [-0.4, -0.2) is 13.9 Å². The van der Waals surface area contributed by atoms with Crippen molar-refractivity contribution < 1.29 is 4.66 Å². The summed E-state index contributed by atoms with van der Waals surface area (Å²) in [6.45, 7) is 4.94. The molecule has 1 aromatic carbocycles. The Hall–Kier alpha value is -1.15. The molecule has 2 aliphatic rings. The molecule has 0 amide bonds. The van der Waals surface area contributed by atoms with Crippen LogP contribution >= 0.6 is 0 Å². The molecule has 0 spiro atoms. The average molecular weight is 270 g/mol. The summed E-state index contributed by atoms with van der Waals surface area (Å²) in [7, 11) is -1.41. The number of benzene rings is 1. The summed E-state index contributed by atoms with van der Waals surface area (Å²) in [5.74, 6) is 0. The fourth-order valence-electron chi connectivity index (χ4n) is 3.56. The molecule has 0 bridgehead atoms. The largest absolute Gasteiger partial charge is 0.379 e. The smallest absolute Gasteiger partial charge is 0.316 e. The van der Waals surface area contributed by atoms with Gasteiger partial charge in [0.15, 0.2) is 5.71 Å². The van der Waals surface area contributed by atoms with Crippen LogP contribution in [0.3, 0.4) is 0 Å². The van der Waals surface area contributed by atoms with Crippen LogP contribution in [0.25, 0.3) is 0 Å². The van der Waals surface area contributed by atoms with E-state index in [1.54, 1.807) is 10.8 Å². The van der Waals surface area contributed by atoms with Crippen LogP contribution in [0.1, 0.15) is 44.1 Å².